The van der Waals surface area contributed by atoms with Gasteiger partial charge in [0.2, 0.25) is 11.8 Å². The van der Waals surface area contributed by atoms with E-state index in [1.807, 2.05) is 6.08 Å². The summed E-state index contributed by atoms with van der Waals surface area (Å²) in [6, 6.07) is 0. The molecule has 146 valence electrons. The predicted octanol–water partition coefficient (Wildman–Crippen LogP) is 1.01. The molecule has 3 N–H and O–H groups in total. The molecule has 7 nitrogen and oxygen atoms in total. The SMILES string of the molecule is CC(C)(CNC(=O)[C@@H]1CCCN(C(=O)/C=C/C2CCNCC2)C1)C(=O)O. The van der Waals surface area contributed by atoms with Crippen LogP contribution in [0.4, 0.5) is 0 Å². The Morgan fingerprint density at radius 3 is 2.58 bits per heavy atom. The maximum atomic E-state index is 12.4. The lowest BCUT2D eigenvalue weighted by Crippen LogP contribution is -2.47. The summed E-state index contributed by atoms with van der Waals surface area (Å²) in [6.07, 6.45) is 7.27. The van der Waals surface area contributed by atoms with E-state index in [1.165, 1.54) is 0 Å². The van der Waals surface area contributed by atoms with Gasteiger partial charge in [0.15, 0.2) is 0 Å². The molecule has 2 saturated heterocycles. The summed E-state index contributed by atoms with van der Waals surface area (Å²) in [5.74, 6) is -0.973. The minimum atomic E-state index is -1.00. The van der Waals surface area contributed by atoms with Gasteiger partial charge in [0.1, 0.15) is 0 Å². The molecule has 2 aliphatic heterocycles. The summed E-state index contributed by atoms with van der Waals surface area (Å²) in [5.41, 5.74) is -1.00. The standard InChI is InChI=1S/C19H31N3O4/c1-19(2,18(25)26)13-21-17(24)15-4-3-11-22(12-15)16(23)6-5-14-7-9-20-10-8-14/h5-6,14-15,20H,3-4,7-13H2,1-2H3,(H,21,24)(H,25,26)/b6-5+/t15-/m1/s1. The largest absolute Gasteiger partial charge is 0.481 e. The molecule has 2 heterocycles. The average Bonchev–Trinajstić information content (AvgIpc) is 2.65. The average molecular weight is 365 g/mol. The van der Waals surface area contributed by atoms with Crippen LogP contribution in [0, 0.1) is 17.3 Å². The highest BCUT2D eigenvalue weighted by Crippen LogP contribution is 2.19. The third kappa shape index (κ3) is 5.83. The molecule has 0 aliphatic carbocycles. The maximum absolute atomic E-state index is 12.4. The fourth-order valence-corrected chi connectivity index (χ4v) is 3.28. The topological polar surface area (TPSA) is 98.7 Å². The van der Waals surface area contributed by atoms with E-state index in [2.05, 4.69) is 10.6 Å². The Morgan fingerprint density at radius 1 is 1.23 bits per heavy atom. The van der Waals surface area contributed by atoms with Crippen molar-refractivity contribution in [3.05, 3.63) is 12.2 Å². The number of likely N-dealkylation sites (tertiary alicyclic amines) is 1. The molecule has 2 fully saturated rings. The van der Waals surface area contributed by atoms with Crippen LogP contribution in [0.15, 0.2) is 12.2 Å². The van der Waals surface area contributed by atoms with Crippen molar-refractivity contribution in [1.82, 2.24) is 15.5 Å². The first-order chi connectivity index (χ1) is 12.3. The molecule has 2 rings (SSSR count). The second-order valence-electron chi connectivity index (χ2n) is 7.98. The fourth-order valence-electron chi connectivity index (χ4n) is 3.28. The van der Waals surface area contributed by atoms with E-state index in [1.54, 1.807) is 24.8 Å². The number of amides is 2. The smallest absolute Gasteiger partial charge is 0.310 e. The minimum Gasteiger partial charge on any atom is -0.481 e. The number of carboxylic acids is 1. The summed E-state index contributed by atoms with van der Waals surface area (Å²) in [4.78, 5) is 37.7. The Bertz CT molecular complexity index is 553. The Balaban J connectivity index is 1.83. The van der Waals surface area contributed by atoms with E-state index in [0.717, 1.165) is 38.8 Å². The molecule has 0 saturated carbocycles. The van der Waals surface area contributed by atoms with Gasteiger partial charge < -0.3 is 20.6 Å². The Morgan fingerprint density at radius 2 is 1.92 bits per heavy atom. The van der Waals surface area contributed by atoms with Gasteiger partial charge >= 0.3 is 5.97 Å². The summed E-state index contributed by atoms with van der Waals surface area (Å²) >= 11 is 0. The number of allylic oxidation sites excluding steroid dienone is 1. The first kappa shape index (κ1) is 20.4. The van der Waals surface area contributed by atoms with E-state index >= 15 is 0 Å². The zero-order chi connectivity index (χ0) is 19.2. The van der Waals surface area contributed by atoms with Crippen LogP contribution in [0.3, 0.4) is 0 Å². The number of nitrogens with one attached hydrogen (secondary N) is 2. The van der Waals surface area contributed by atoms with E-state index in [4.69, 9.17) is 5.11 Å². The molecule has 0 aromatic rings. The van der Waals surface area contributed by atoms with Gasteiger partial charge in [-0.25, -0.2) is 0 Å². The van der Waals surface area contributed by atoms with Gasteiger partial charge in [0.05, 0.1) is 11.3 Å². The van der Waals surface area contributed by atoms with Gasteiger partial charge in [0.25, 0.3) is 0 Å². The Hall–Kier alpha value is -1.89. The number of aliphatic carboxylic acids is 1. The molecule has 0 aromatic heterocycles. The highest BCUT2D eigenvalue weighted by atomic mass is 16.4. The van der Waals surface area contributed by atoms with Gasteiger partial charge in [0, 0.05) is 19.6 Å². The number of hydrogen-bond donors (Lipinski definition) is 3. The lowest BCUT2D eigenvalue weighted by molar-refractivity contribution is -0.146. The molecule has 0 aromatic carbocycles. The number of piperidine rings is 2. The van der Waals surface area contributed by atoms with Crippen molar-refractivity contribution >= 4 is 17.8 Å². The van der Waals surface area contributed by atoms with Crippen molar-refractivity contribution in [1.29, 1.82) is 0 Å². The minimum absolute atomic E-state index is 0.0353. The zero-order valence-electron chi connectivity index (χ0n) is 15.8. The molecule has 2 aliphatic rings. The van der Waals surface area contributed by atoms with Crippen LogP contribution in [0.5, 0.6) is 0 Å². The third-order valence-electron chi connectivity index (χ3n) is 5.28. The number of carbonyl (C=O) groups excluding carboxylic acids is 2. The van der Waals surface area contributed by atoms with Crippen molar-refractivity contribution in [2.45, 2.75) is 39.5 Å². The Labute approximate surface area is 155 Å². The number of rotatable bonds is 6. The van der Waals surface area contributed by atoms with Gasteiger partial charge in [-0.2, -0.15) is 0 Å². The quantitative estimate of drug-likeness (QED) is 0.610. The monoisotopic (exact) mass is 365 g/mol. The van der Waals surface area contributed by atoms with E-state index < -0.39 is 11.4 Å². The number of hydrogen-bond acceptors (Lipinski definition) is 4. The molecule has 7 heteroatoms. The van der Waals surface area contributed by atoms with Crippen molar-refractivity contribution in [2.24, 2.45) is 17.3 Å². The van der Waals surface area contributed by atoms with Crippen LogP contribution in [0.25, 0.3) is 0 Å². The lowest BCUT2D eigenvalue weighted by Gasteiger charge is -2.32. The number of carboxylic acid groups (broad SMARTS) is 1. The second-order valence-corrected chi connectivity index (χ2v) is 7.98. The number of nitrogens with zero attached hydrogens (tertiary/aromatic N) is 1. The van der Waals surface area contributed by atoms with E-state index in [0.29, 0.717) is 19.0 Å². The highest BCUT2D eigenvalue weighted by Gasteiger charge is 2.31. The summed E-state index contributed by atoms with van der Waals surface area (Å²) < 4.78 is 0. The summed E-state index contributed by atoms with van der Waals surface area (Å²) in [5, 5.41) is 15.2. The number of carbonyl (C=O) groups is 3. The molecule has 0 radical (unpaired) electrons. The van der Waals surface area contributed by atoms with Crippen LogP contribution in [-0.2, 0) is 14.4 Å². The molecule has 1 atom stereocenters. The van der Waals surface area contributed by atoms with Crippen LogP contribution in [0.2, 0.25) is 0 Å². The van der Waals surface area contributed by atoms with Gasteiger partial charge in [-0.3, -0.25) is 14.4 Å². The molecule has 2 amide bonds. The summed E-state index contributed by atoms with van der Waals surface area (Å²) in [7, 11) is 0. The maximum Gasteiger partial charge on any atom is 0.310 e. The molecule has 26 heavy (non-hydrogen) atoms. The van der Waals surface area contributed by atoms with Gasteiger partial charge in [-0.1, -0.05) is 6.08 Å². The molecule has 0 bridgehead atoms. The predicted molar refractivity (Wildman–Crippen MR) is 98.5 cm³/mol. The van der Waals surface area contributed by atoms with Crippen LogP contribution < -0.4 is 10.6 Å². The van der Waals surface area contributed by atoms with Crippen LogP contribution in [0.1, 0.15) is 39.5 Å². The van der Waals surface area contributed by atoms with Gasteiger partial charge in [-0.05, 0) is 64.6 Å². The molecular formula is C19H31N3O4. The van der Waals surface area contributed by atoms with Crippen LogP contribution >= 0.6 is 0 Å². The van der Waals surface area contributed by atoms with E-state index in [-0.39, 0.29) is 24.3 Å². The Kier molecular flexibility index (Phi) is 7.20. The van der Waals surface area contributed by atoms with Crippen molar-refractivity contribution in [3.63, 3.8) is 0 Å². The molecule has 0 spiro atoms. The van der Waals surface area contributed by atoms with Crippen molar-refractivity contribution < 1.29 is 19.5 Å². The van der Waals surface area contributed by atoms with Crippen molar-refractivity contribution in [2.75, 3.05) is 32.7 Å². The highest BCUT2D eigenvalue weighted by molar-refractivity contribution is 5.88. The summed E-state index contributed by atoms with van der Waals surface area (Å²) in [6.45, 7) is 6.29. The molecular weight excluding hydrogens is 334 g/mol. The third-order valence-corrected chi connectivity index (χ3v) is 5.28. The fraction of sp³-hybridized carbons (Fsp3) is 0.737. The first-order valence-electron chi connectivity index (χ1n) is 9.48. The van der Waals surface area contributed by atoms with Gasteiger partial charge in [-0.15, -0.1) is 0 Å². The normalized spacial score (nSPS) is 22.4. The van der Waals surface area contributed by atoms with Crippen molar-refractivity contribution in [3.8, 4) is 0 Å². The second kappa shape index (κ2) is 9.16. The molecule has 0 unspecified atom stereocenters. The zero-order valence-corrected chi connectivity index (χ0v) is 15.8. The lowest BCUT2D eigenvalue weighted by atomic mass is 9.92. The van der Waals surface area contributed by atoms with E-state index in [9.17, 15) is 14.4 Å². The first-order valence-corrected chi connectivity index (χ1v) is 9.48. The van der Waals surface area contributed by atoms with Crippen LogP contribution in [-0.4, -0.2) is 60.5 Å².